The van der Waals surface area contributed by atoms with E-state index in [2.05, 4.69) is 11.4 Å². The Morgan fingerprint density at radius 1 is 1.25 bits per heavy atom. The van der Waals surface area contributed by atoms with Gasteiger partial charge in [0, 0.05) is 6.20 Å². The highest BCUT2D eigenvalue weighted by atomic mass is 16.6. The van der Waals surface area contributed by atoms with Crippen molar-refractivity contribution in [2.75, 3.05) is 0 Å². The summed E-state index contributed by atoms with van der Waals surface area (Å²) in [5, 5.41) is 2.64. The third-order valence-electron chi connectivity index (χ3n) is 2.62. The summed E-state index contributed by atoms with van der Waals surface area (Å²) in [7, 11) is 0. The zero-order valence-corrected chi connectivity index (χ0v) is 10.6. The smallest absolute Gasteiger partial charge is 0.411 e. The first-order valence-corrected chi connectivity index (χ1v) is 6.13. The normalized spacial score (nSPS) is 18.7. The zero-order valence-electron chi connectivity index (χ0n) is 10.6. The summed E-state index contributed by atoms with van der Waals surface area (Å²) in [5.74, 6) is 0.628. The lowest BCUT2D eigenvalue weighted by Gasteiger charge is -2.19. The summed E-state index contributed by atoms with van der Waals surface area (Å²) >= 11 is 0. The van der Waals surface area contributed by atoms with Gasteiger partial charge in [0.2, 0.25) is 0 Å². The van der Waals surface area contributed by atoms with Gasteiger partial charge in [-0.25, -0.2) is 4.79 Å². The van der Waals surface area contributed by atoms with E-state index in [9.17, 15) is 4.79 Å². The molecule has 1 rings (SSSR count). The molecule has 1 N–H and O–H groups in total. The molecule has 1 aliphatic rings. The zero-order chi connectivity index (χ0) is 12.0. The maximum absolute atomic E-state index is 11.3. The molecule has 0 aromatic carbocycles. The number of rotatable bonds is 2. The van der Waals surface area contributed by atoms with Gasteiger partial charge in [0.15, 0.2) is 0 Å². The molecular formula is C13H23NO2. The van der Waals surface area contributed by atoms with Crippen LogP contribution < -0.4 is 5.32 Å². The molecule has 16 heavy (non-hydrogen) atoms. The number of carbonyl (C=O) groups is 1. The number of alkyl carbamates (subject to hydrolysis) is 1. The molecule has 0 aliphatic heterocycles. The molecule has 0 radical (unpaired) electrons. The van der Waals surface area contributed by atoms with Crippen LogP contribution in [-0.4, -0.2) is 11.7 Å². The molecule has 1 fully saturated rings. The second-order valence-electron chi connectivity index (χ2n) is 5.40. The monoisotopic (exact) mass is 225 g/mol. The van der Waals surface area contributed by atoms with Crippen LogP contribution in [0.25, 0.3) is 0 Å². The highest BCUT2D eigenvalue weighted by molar-refractivity contribution is 5.68. The van der Waals surface area contributed by atoms with Crippen molar-refractivity contribution in [3.05, 3.63) is 12.3 Å². The van der Waals surface area contributed by atoms with Crippen LogP contribution in [0.5, 0.6) is 0 Å². The van der Waals surface area contributed by atoms with Gasteiger partial charge in [0.25, 0.3) is 0 Å². The number of allylic oxidation sites excluding steroid dienone is 1. The molecule has 0 spiro atoms. The Hall–Kier alpha value is -0.990. The molecule has 0 atom stereocenters. The molecule has 0 aromatic heterocycles. The van der Waals surface area contributed by atoms with Crippen molar-refractivity contribution in [1.29, 1.82) is 0 Å². The van der Waals surface area contributed by atoms with Gasteiger partial charge in [0.1, 0.15) is 5.60 Å². The van der Waals surface area contributed by atoms with Gasteiger partial charge < -0.3 is 4.74 Å². The Labute approximate surface area is 98.2 Å². The highest BCUT2D eigenvalue weighted by Gasteiger charge is 2.15. The van der Waals surface area contributed by atoms with Crippen molar-refractivity contribution < 1.29 is 9.53 Å². The van der Waals surface area contributed by atoms with Crippen LogP contribution in [0.4, 0.5) is 4.79 Å². The standard InChI is InChI=1S/C13H23NO2/c1-13(2,3)16-12(15)14-10-9-11-7-5-4-6-8-11/h9-11H,4-8H2,1-3H3,(H,14,15)/b10-9+. The summed E-state index contributed by atoms with van der Waals surface area (Å²) in [6.45, 7) is 5.58. The SMILES string of the molecule is CC(C)(C)OC(=O)N/C=C/C1CCCCC1. The Morgan fingerprint density at radius 2 is 1.88 bits per heavy atom. The fourth-order valence-electron chi connectivity index (χ4n) is 1.89. The van der Waals surface area contributed by atoms with Crippen molar-refractivity contribution >= 4 is 6.09 Å². The van der Waals surface area contributed by atoms with Crippen LogP contribution in [0.3, 0.4) is 0 Å². The van der Waals surface area contributed by atoms with Crippen molar-refractivity contribution in [2.45, 2.75) is 58.5 Å². The van der Waals surface area contributed by atoms with Crippen molar-refractivity contribution in [2.24, 2.45) is 5.92 Å². The van der Waals surface area contributed by atoms with Crippen LogP contribution in [-0.2, 0) is 4.74 Å². The lowest BCUT2D eigenvalue weighted by Crippen LogP contribution is -2.29. The fraction of sp³-hybridized carbons (Fsp3) is 0.769. The van der Waals surface area contributed by atoms with Gasteiger partial charge in [-0.1, -0.05) is 25.3 Å². The topological polar surface area (TPSA) is 38.3 Å². The average Bonchev–Trinajstić information content (AvgIpc) is 2.16. The summed E-state index contributed by atoms with van der Waals surface area (Å²) in [5.41, 5.74) is -0.428. The van der Waals surface area contributed by atoms with Crippen LogP contribution in [0.2, 0.25) is 0 Å². The van der Waals surface area contributed by atoms with Gasteiger partial charge in [-0.15, -0.1) is 0 Å². The number of amides is 1. The quantitative estimate of drug-likeness (QED) is 0.779. The lowest BCUT2D eigenvalue weighted by molar-refractivity contribution is 0.0552. The van der Waals surface area contributed by atoms with E-state index in [0.717, 1.165) is 0 Å². The third kappa shape index (κ3) is 5.79. The lowest BCUT2D eigenvalue weighted by atomic mass is 9.89. The van der Waals surface area contributed by atoms with E-state index < -0.39 is 5.60 Å². The first kappa shape index (κ1) is 13.1. The third-order valence-corrected chi connectivity index (χ3v) is 2.62. The maximum Gasteiger partial charge on any atom is 0.411 e. The number of hydrogen-bond acceptors (Lipinski definition) is 2. The van der Waals surface area contributed by atoms with E-state index in [1.165, 1.54) is 32.1 Å². The van der Waals surface area contributed by atoms with E-state index >= 15 is 0 Å². The molecule has 0 unspecified atom stereocenters. The molecule has 92 valence electrons. The average molecular weight is 225 g/mol. The van der Waals surface area contributed by atoms with E-state index in [1.807, 2.05) is 20.8 Å². The molecule has 3 nitrogen and oxygen atoms in total. The Bertz CT molecular complexity index is 247. The first-order chi connectivity index (χ1) is 7.47. The number of ether oxygens (including phenoxy) is 1. The van der Waals surface area contributed by atoms with E-state index in [-0.39, 0.29) is 6.09 Å². The Balaban J connectivity index is 2.22. The van der Waals surface area contributed by atoms with Gasteiger partial charge >= 0.3 is 6.09 Å². The van der Waals surface area contributed by atoms with Crippen LogP contribution in [0.1, 0.15) is 52.9 Å². The van der Waals surface area contributed by atoms with Gasteiger partial charge in [0.05, 0.1) is 0 Å². The molecule has 1 amide bonds. The van der Waals surface area contributed by atoms with Crippen molar-refractivity contribution in [3.63, 3.8) is 0 Å². The molecule has 0 saturated heterocycles. The summed E-state index contributed by atoms with van der Waals surface area (Å²) in [6, 6.07) is 0. The number of hydrogen-bond donors (Lipinski definition) is 1. The van der Waals surface area contributed by atoms with Crippen LogP contribution >= 0.6 is 0 Å². The molecule has 0 bridgehead atoms. The van der Waals surface area contributed by atoms with Crippen molar-refractivity contribution in [3.8, 4) is 0 Å². The van der Waals surface area contributed by atoms with Gasteiger partial charge in [-0.2, -0.15) is 0 Å². The molecular weight excluding hydrogens is 202 g/mol. The summed E-state index contributed by atoms with van der Waals surface area (Å²) in [6.07, 6.45) is 9.89. The molecule has 0 heterocycles. The van der Waals surface area contributed by atoms with E-state index in [4.69, 9.17) is 4.74 Å². The minimum atomic E-state index is -0.428. The predicted octanol–water partition coefficient (Wildman–Crippen LogP) is 3.61. The highest BCUT2D eigenvalue weighted by Crippen LogP contribution is 2.24. The second-order valence-corrected chi connectivity index (χ2v) is 5.40. The van der Waals surface area contributed by atoms with Crippen LogP contribution in [0.15, 0.2) is 12.3 Å². The fourth-order valence-corrected chi connectivity index (χ4v) is 1.89. The van der Waals surface area contributed by atoms with E-state index in [1.54, 1.807) is 6.20 Å². The largest absolute Gasteiger partial charge is 0.444 e. The molecule has 1 aliphatic carbocycles. The minimum Gasteiger partial charge on any atom is -0.444 e. The van der Waals surface area contributed by atoms with Gasteiger partial charge in [-0.3, -0.25) is 5.32 Å². The van der Waals surface area contributed by atoms with Crippen molar-refractivity contribution in [1.82, 2.24) is 5.32 Å². The first-order valence-electron chi connectivity index (χ1n) is 6.13. The Morgan fingerprint density at radius 3 is 2.44 bits per heavy atom. The second kappa shape index (κ2) is 5.92. The van der Waals surface area contributed by atoms with Gasteiger partial charge in [-0.05, 0) is 39.5 Å². The predicted molar refractivity (Wildman–Crippen MR) is 65.1 cm³/mol. The van der Waals surface area contributed by atoms with Crippen LogP contribution in [0, 0.1) is 5.92 Å². The molecule has 0 aromatic rings. The Kier molecular flexibility index (Phi) is 4.84. The maximum atomic E-state index is 11.3. The number of carbonyl (C=O) groups excluding carboxylic acids is 1. The number of nitrogens with one attached hydrogen (secondary N) is 1. The summed E-state index contributed by atoms with van der Waals surface area (Å²) in [4.78, 5) is 11.3. The minimum absolute atomic E-state index is 0.375. The summed E-state index contributed by atoms with van der Waals surface area (Å²) < 4.78 is 5.13. The van der Waals surface area contributed by atoms with E-state index in [0.29, 0.717) is 5.92 Å². The molecule has 1 saturated carbocycles. The molecule has 3 heteroatoms.